The minimum absolute atomic E-state index is 0. The molecule has 0 radical (unpaired) electrons. The van der Waals surface area contributed by atoms with Crippen molar-refractivity contribution in [3.63, 3.8) is 0 Å². The van der Waals surface area contributed by atoms with Gasteiger partial charge >= 0.3 is 0 Å². The van der Waals surface area contributed by atoms with Crippen LogP contribution in [0.4, 0.5) is 0 Å². The Morgan fingerprint density at radius 3 is 1.32 bits per heavy atom. The maximum absolute atomic E-state index is 10.9. The lowest BCUT2D eigenvalue weighted by Crippen LogP contribution is -2.35. The Morgan fingerprint density at radius 2 is 1.16 bits per heavy atom. The van der Waals surface area contributed by atoms with Crippen molar-refractivity contribution >= 4 is 7.37 Å². The topological polar surface area (TPSA) is 29.5 Å². The number of hydrogen-bond donors (Lipinski definition) is 0. The predicted molar refractivity (Wildman–Crippen MR) is 152 cm³/mol. The molecule has 0 aromatic heterocycles. The summed E-state index contributed by atoms with van der Waals surface area (Å²) in [5.74, 6) is 0. The fourth-order valence-corrected chi connectivity index (χ4v) is 1.91. The minimum Gasteiger partial charge on any atom is -0.331 e. The Bertz CT molecular complexity index is 472. The van der Waals surface area contributed by atoms with E-state index in [0.29, 0.717) is 6.61 Å². The van der Waals surface area contributed by atoms with Crippen LogP contribution >= 0.6 is 7.37 Å². The standard InChI is InChI=1S/C8H18N.C7H15N.C7H15O2P.4CH4/c1-8(2)6-7-9(3,4)5;1-7(2)5-6-8(3)4;1-7(2)5-6-9-10(3,4)8;;;;/h1,6-7H2,2-5H3;1,5-6H2,2-4H3;1,5-6H2,2-4H3;4*1H4/q+1;;;;;;. The van der Waals surface area contributed by atoms with Crippen molar-refractivity contribution < 1.29 is 13.6 Å². The van der Waals surface area contributed by atoms with Gasteiger partial charge in [0.15, 0.2) is 7.37 Å². The number of rotatable bonds is 10. The van der Waals surface area contributed by atoms with Crippen LogP contribution in [0.3, 0.4) is 0 Å². The number of nitrogens with zero attached hydrogens (tertiary/aromatic N) is 2. The van der Waals surface area contributed by atoms with Crippen LogP contribution in [0.15, 0.2) is 36.5 Å². The molecular weight excluding hydrogens is 403 g/mol. The smallest absolute Gasteiger partial charge is 0.197 e. The lowest BCUT2D eigenvalue weighted by Gasteiger charge is -2.23. The molecule has 194 valence electrons. The molecule has 0 aromatic rings. The average molecular weight is 468 g/mol. The van der Waals surface area contributed by atoms with Gasteiger partial charge in [-0.25, -0.2) is 0 Å². The van der Waals surface area contributed by atoms with E-state index in [1.807, 2.05) is 6.92 Å². The highest BCUT2D eigenvalue weighted by molar-refractivity contribution is 7.57. The van der Waals surface area contributed by atoms with Gasteiger partial charge < -0.3 is 13.9 Å². The van der Waals surface area contributed by atoms with Gasteiger partial charge in [-0.15, -0.1) is 13.2 Å². The van der Waals surface area contributed by atoms with Crippen LogP contribution in [0.5, 0.6) is 0 Å². The highest BCUT2D eigenvalue weighted by atomic mass is 31.2. The lowest BCUT2D eigenvalue weighted by atomic mass is 10.2. The molecule has 31 heavy (non-hydrogen) atoms. The number of quaternary nitrogens is 1. The maximum Gasteiger partial charge on any atom is 0.197 e. The van der Waals surface area contributed by atoms with Gasteiger partial charge in [0.2, 0.25) is 0 Å². The van der Waals surface area contributed by atoms with Gasteiger partial charge in [0.25, 0.3) is 0 Å². The molecule has 0 fully saturated rings. The van der Waals surface area contributed by atoms with Crippen molar-refractivity contribution in [2.75, 3.05) is 68.3 Å². The summed E-state index contributed by atoms with van der Waals surface area (Å²) in [5.41, 5.74) is 3.61. The normalized spacial score (nSPS) is 9.65. The van der Waals surface area contributed by atoms with Crippen LogP contribution in [-0.2, 0) is 9.09 Å². The van der Waals surface area contributed by atoms with Crippen LogP contribution in [0.1, 0.15) is 69.7 Å². The van der Waals surface area contributed by atoms with Gasteiger partial charge in [0, 0.05) is 26.3 Å². The second-order valence-corrected chi connectivity index (χ2v) is 11.8. The molecule has 0 aliphatic carbocycles. The Labute approximate surface area is 200 Å². The van der Waals surface area contributed by atoms with E-state index in [2.05, 4.69) is 73.7 Å². The van der Waals surface area contributed by atoms with Crippen molar-refractivity contribution in [2.24, 2.45) is 0 Å². The second kappa shape index (κ2) is 25.6. The zero-order valence-electron chi connectivity index (χ0n) is 20.0. The summed E-state index contributed by atoms with van der Waals surface area (Å²) in [5, 5.41) is 0. The molecule has 0 aromatic carbocycles. The Hall–Kier alpha value is -0.670. The summed E-state index contributed by atoms with van der Waals surface area (Å²) in [7, 11) is 8.47. The molecule has 0 heterocycles. The molecule has 0 saturated heterocycles. The zero-order chi connectivity index (χ0) is 22.3. The van der Waals surface area contributed by atoms with Gasteiger partial charge in [-0.3, -0.25) is 4.57 Å². The molecule has 0 atom stereocenters. The van der Waals surface area contributed by atoms with Crippen molar-refractivity contribution in [1.29, 1.82) is 0 Å². The van der Waals surface area contributed by atoms with Crippen LogP contribution in [0.2, 0.25) is 0 Å². The fraction of sp³-hybridized carbons (Fsp3) is 0.769. The average Bonchev–Trinajstić information content (AvgIpc) is 2.42. The Kier molecular flexibility index (Phi) is 39.6. The van der Waals surface area contributed by atoms with E-state index in [1.54, 1.807) is 13.3 Å². The van der Waals surface area contributed by atoms with Gasteiger partial charge in [-0.1, -0.05) is 53.0 Å². The molecule has 5 heteroatoms. The van der Waals surface area contributed by atoms with E-state index in [-0.39, 0.29) is 29.7 Å². The van der Waals surface area contributed by atoms with Gasteiger partial charge in [-0.05, 0) is 47.7 Å². The maximum atomic E-state index is 10.9. The van der Waals surface area contributed by atoms with E-state index in [1.165, 1.54) is 17.7 Å². The van der Waals surface area contributed by atoms with Crippen LogP contribution in [-0.4, -0.2) is 77.6 Å². The van der Waals surface area contributed by atoms with Crippen molar-refractivity contribution in [3.8, 4) is 0 Å². The molecule has 0 unspecified atom stereocenters. The SMILES string of the molecule is C.C.C.C.C=C(C)CCN(C)C.C=C(C)CCOP(C)(C)=O.C=C(C)CC[N+](C)(C)C. The second-order valence-electron chi connectivity index (χ2n) is 9.02. The van der Waals surface area contributed by atoms with Crippen LogP contribution < -0.4 is 0 Å². The summed E-state index contributed by atoms with van der Waals surface area (Å²) < 4.78 is 17.0. The first-order chi connectivity index (χ1) is 12.0. The summed E-state index contributed by atoms with van der Waals surface area (Å²) in [6.07, 6.45) is 3.06. The van der Waals surface area contributed by atoms with Crippen molar-refractivity contribution in [3.05, 3.63) is 36.5 Å². The third-order valence-corrected chi connectivity index (χ3v) is 3.93. The van der Waals surface area contributed by atoms with Crippen LogP contribution in [0.25, 0.3) is 0 Å². The third kappa shape index (κ3) is 72.9. The molecule has 0 bridgehead atoms. The van der Waals surface area contributed by atoms with Crippen molar-refractivity contribution in [2.45, 2.75) is 69.7 Å². The molecule has 0 spiro atoms. The highest BCUT2D eigenvalue weighted by Gasteiger charge is 2.05. The van der Waals surface area contributed by atoms with Gasteiger partial charge in [-0.2, -0.15) is 0 Å². The molecule has 0 N–H and O–H groups in total. The summed E-state index contributed by atoms with van der Waals surface area (Å²) in [6, 6.07) is 0. The first-order valence-electron chi connectivity index (χ1n) is 9.54. The van der Waals surface area contributed by atoms with E-state index >= 15 is 0 Å². The molecular formula is C26H64N2O2P+. The van der Waals surface area contributed by atoms with Gasteiger partial charge in [0.1, 0.15) is 0 Å². The van der Waals surface area contributed by atoms with E-state index in [9.17, 15) is 4.57 Å². The van der Waals surface area contributed by atoms with E-state index in [4.69, 9.17) is 4.52 Å². The first-order valence-corrected chi connectivity index (χ1v) is 12.1. The molecule has 0 saturated carbocycles. The summed E-state index contributed by atoms with van der Waals surface area (Å²) in [6.45, 7) is 23.5. The highest BCUT2D eigenvalue weighted by Crippen LogP contribution is 2.37. The monoisotopic (exact) mass is 467 g/mol. The Morgan fingerprint density at radius 1 is 0.806 bits per heavy atom. The summed E-state index contributed by atoms with van der Waals surface area (Å²) in [4.78, 5) is 2.16. The van der Waals surface area contributed by atoms with E-state index in [0.717, 1.165) is 35.9 Å². The Balaban J connectivity index is -0.0000000526. The first kappa shape index (κ1) is 47.9. The minimum atomic E-state index is -2.26. The predicted octanol–water partition coefficient (Wildman–Crippen LogP) is 8.22. The fourth-order valence-electron chi connectivity index (χ4n) is 1.38. The molecule has 4 nitrogen and oxygen atoms in total. The third-order valence-electron chi connectivity index (χ3n) is 3.13. The molecule has 0 amide bonds. The van der Waals surface area contributed by atoms with Crippen LogP contribution in [0, 0.1) is 0 Å². The molecule has 0 aliphatic heterocycles. The van der Waals surface area contributed by atoms with E-state index < -0.39 is 7.37 Å². The largest absolute Gasteiger partial charge is 0.331 e. The number of hydrogen-bond acceptors (Lipinski definition) is 3. The van der Waals surface area contributed by atoms with Gasteiger partial charge in [0.05, 0.1) is 34.3 Å². The zero-order valence-corrected chi connectivity index (χ0v) is 20.9. The molecule has 0 rings (SSSR count). The lowest BCUT2D eigenvalue weighted by molar-refractivity contribution is -0.870. The summed E-state index contributed by atoms with van der Waals surface area (Å²) >= 11 is 0. The molecule has 0 aliphatic rings. The quantitative estimate of drug-likeness (QED) is 0.184. The van der Waals surface area contributed by atoms with Crippen molar-refractivity contribution in [1.82, 2.24) is 4.90 Å².